The molecule has 1 saturated carbocycles. The van der Waals surface area contributed by atoms with Crippen LogP contribution in [0.3, 0.4) is 0 Å². The van der Waals surface area contributed by atoms with Gasteiger partial charge in [0.05, 0.1) is 6.10 Å². The maximum atomic E-state index is 9.53. The van der Waals surface area contributed by atoms with E-state index in [1.165, 1.54) is 32.1 Å². The fourth-order valence-electron chi connectivity index (χ4n) is 2.46. The highest BCUT2D eigenvalue weighted by molar-refractivity contribution is 5.19. The lowest BCUT2D eigenvalue weighted by Crippen LogP contribution is -2.11. The van der Waals surface area contributed by atoms with Crippen LogP contribution >= 0.6 is 0 Å². The van der Waals surface area contributed by atoms with Crippen LogP contribution in [0.5, 0.6) is 0 Å². The van der Waals surface area contributed by atoms with Gasteiger partial charge in [0.25, 0.3) is 0 Å². The van der Waals surface area contributed by atoms with Gasteiger partial charge in [-0.3, -0.25) is 0 Å². The lowest BCUT2D eigenvalue weighted by Gasteiger charge is -2.21. The Morgan fingerprint density at radius 2 is 2.00 bits per heavy atom. The minimum atomic E-state index is -0.472. The molecule has 1 atom stereocenters. The van der Waals surface area contributed by atoms with Gasteiger partial charge in [-0.2, -0.15) is 0 Å². The van der Waals surface area contributed by atoms with E-state index in [0.717, 1.165) is 17.1 Å². The summed E-state index contributed by atoms with van der Waals surface area (Å²) in [5.41, 5.74) is 1.77. The van der Waals surface area contributed by atoms with Crippen LogP contribution in [-0.4, -0.2) is 15.1 Å². The Kier molecular flexibility index (Phi) is 3.54. The first-order chi connectivity index (χ1) is 7.68. The van der Waals surface area contributed by atoms with Crippen molar-refractivity contribution in [2.75, 3.05) is 0 Å². The van der Waals surface area contributed by atoms with Gasteiger partial charge < -0.3 is 5.11 Å². The summed E-state index contributed by atoms with van der Waals surface area (Å²) >= 11 is 0. The molecule has 1 aromatic rings. The molecule has 0 aromatic carbocycles. The Morgan fingerprint density at radius 3 is 2.56 bits per heavy atom. The maximum Gasteiger partial charge on any atom is 0.131 e. The van der Waals surface area contributed by atoms with Crippen LogP contribution in [0.2, 0.25) is 0 Å². The van der Waals surface area contributed by atoms with Gasteiger partial charge in [0, 0.05) is 23.4 Å². The van der Waals surface area contributed by atoms with Gasteiger partial charge in [-0.1, -0.05) is 19.3 Å². The summed E-state index contributed by atoms with van der Waals surface area (Å²) in [6.45, 7) is 3.71. The minimum absolute atomic E-state index is 0.472. The highest BCUT2D eigenvalue weighted by Crippen LogP contribution is 2.31. The van der Waals surface area contributed by atoms with Crippen molar-refractivity contribution in [2.24, 2.45) is 0 Å². The van der Waals surface area contributed by atoms with E-state index in [1.807, 2.05) is 6.92 Å². The molecule has 0 radical (unpaired) electrons. The van der Waals surface area contributed by atoms with Crippen molar-refractivity contribution in [3.8, 4) is 0 Å². The smallest absolute Gasteiger partial charge is 0.131 e. The number of nitrogens with zero attached hydrogens (tertiary/aromatic N) is 2. The van der Waals surface area contributed by atoms with Crippen molar-refractivity contribution in [1.82, 2.24) is 9.97 Å². The fraction of sp³-hybridized carbons (Fsp3) is 0.692. The largest absolute Gasteiger partial charge is 0.389 e. The summed E-state index contributed by atoms with van der Waals surface area (Å²) in [6, 6.07) is 0. The lowest BCUT2D eigenvalue weighted by molar-refractivity contribution is 0.197. The third kappa shape index (κ3) is 2.40. The average molecular weight is 220 g/mol. The van der Waals surface area contributed by atoms with Crippen molar-refractivity contribution in [1.29, 1.82) is 0 Å². The molecule has 0 unspecified atom stereocenters. The number of aliphatic hydroxyl groups excluding tert-OH is 1. The van der Waals surface area contributed by atoms with E-state index < -0.39 is 6.10 Å². The van der Waals surface area contributed by atoms with Crippen LogP contribution in [0, 0.1) is 6.92 Å². The summed E-state index contributed by atoms with van der Waals surface area (Å²) in [6.07, 6.45) is 7.69. The molecule has 3 nitrogen and oxygen atoms in total. The zero-order valence-corrected chi connectivity index (χ0v) is 10.1. The third-order valence-electron chi connectivity index (χ3n) is 3.46. The molecule has 16 heavy (non-hydrogen) atoms. The summed E-state index contributed by atoms with van der Waals surface area (Å²) in [5, 5.41) is 9.53. The van der Waals surface area contributed by atoms with Gasteiger partial charge in [-0.15, -0.1) is 0 Å². The molecule has 0 saturated heterocycles. The molecule has 1 heterocycles. The Labute approximate surface area is 96.9 Å². The van der Waals surface area contributed by atoms with Gasteiger partial charge in [-0.25, -0.2) is 9.97 Å². The van der Waals surface area contributed by atoms with E-state index in [0.29, 0.717) is 5.92 Å². The Balaban J connectivity index is 2.19. The molecule has 0 bridgehead atoms. The summed E-state index contributed by atoms with van der Waals surface area (Å²) in [4.78, 5) is 8.96. The summed E-state index contributed by atoms with van der Waals surface area (Å²) < 4.78 is 0. The minimum Gasteiger partial charge on any atom is -0.389 e. The predicted molar refractivity (Wildman–Crippen MR) is 63.2 cm³/mol. The third-order valence-corrected chi connectivity index (χ3v) is 3.46. The first kappa shape index (κ1) is 11.5. The summed E-state index contributed by atoms with van der Waals surface area (Å²) in [5.74, 6) is 1.51. The summed E-state index contributed by atoms with van der Waals surface area (Å²) in [7, 11) is 0. The second kappa shape index (κ2) is 4.91. The normalized spacial score (nSPS) is 19.7. The zero-order valence-electron chi connectivity index (χ0n) is 10.1. The number of aromatic nitrogens is 2. The number of hydrogen-bond acceptors (Lipinski definition) is 3. The number of aryl methyl sites for hydroxylation is 1. The van der Waals surface area contributed by atoms with E-state index in [1.54, 1.807) is 13.1 Å². The Morgan fingerprint density at radius 1 is 1.31 bits per heavy atom. The highest BCUT2D eigenvalue weighted by Gasteiger charge is 2.19. The molecule has 3 heteroatoms. The maximum absolute atomic E-state index is 9.53. The number of rotatable bonds is 2. The molecule has 1 aliphatic carbocycles. The highest BCUT2D eigenvalue weighted by atomic mass is 16.3. The molecular formula is C13H20N2O. The monoisotopic (exact) mass is 220 g/mol. The van der Waals surface area contributed by atoms with Gasteiger partial charge in [-0.05, 0) is 26.7 Å². The zero-order chi connectivity index (χ0) is 11.5. The Hall–Kier alpha value is -0.960. The van der Waals surface area contributed by atoms with Gasteiger partial charge in [0.15, 0.2) is 0 Å². The van der Waals surface area contributed by atoms with Crippen LogP contribution in [0.15, 0.2) is 6.20 Å². The molecule has 0 amide bonds. The second-order valence-corrected chi connectivity index (χ2v) is 4.78. The van der Waals surface area contributed by atoms with E-state index in [-0.39, 0.29) is 0 Å². The fourth-order valence-corrected chi connectivity index (χ4v) is 2.46. The SMILES string of the molecule is Cc1nc(C2CCCCC2)ncc1[C@H](C)O. The van der Waals surface area contributed by atoms with Crippen LogP contribution in [0.1, 0.15) is 68.1 Å². The van der Waals surface area contributed by atoms with Gasteiger partial charge in [0.1, 0.15) is 5.82 Å². The Bertz CT molecular complexity index is 357. The average Bonchev–Trinajstić information content (AvgIpc) is 2.29. The standard InChI is InChI=1S/C13H20N2O/c1-9-12(10(2)16)8-14-13(15-9)11-6-4-3-5-7-11/h8,10-11,16H,3-7H2,1-2H3/t10-/m0/s1. The van der Waals surface area contributed by atoms with E-state index in [4.69, 9.17) is 0 Å². The molecule has 1 N–H and O–H groups in total. The van der Waals surface area contributed by atoms with Crippen LogP contribution in [-0.2, 0) is 0 Å². The second-order valence-electron chi connectivity index (χ2n) is 4.78. The first-order valence-electron chi connectivity index (χ1n) is 6.20. The number of aliphatic hydroxyl groups is 1. The topological polar surface area (TPSA) is 46.0 Å². The predicted octanol–water partition coefficient (Wildman–Crippen LogP) is 2.89. The van der Waals surface area contributed by atoms with Gasteiger partial charge in [0.2, 0.25) is 0 Å². The molecule has 88 valence electrons. The van der Waals surface area contributed by atoms with Crippen LogP contribution in [0.4, 0.5) is 0 Å². The molecule has 2 rings (SSSR count). The molecule has 1 aliphatic rings. The molecule has 0 spiro atoms. The van der Waals surface area contributed by atoms with Crippen molar-refractivity contribution >= 4 is 0 Å². The van der Waals surface area contributed by atoms with Gasteiger partial charge >= 0.3 is 0 Å². The van der Waals surface area contributed by atoms with Crippen molar-refractivity contribution in [3.63, 3.8) is 0 Å². The molecule has 0 aliphatic heterocycles. The lowest BCUT2D eigenvalue weighted by atomic mass is 9.88. The van der Waals surface area contributed by atoms with E-state index in [9.17, 15) is 5.11 Å². The first-order valence-corrected chi connectivity index (χ1v) is 6.20. The van der Waals surface area contributed by atoms with E-state index >= 15 is 0 Å². The van der Waals surface area contributed by atoms with Crippen molar-refractivity contribution in [2.45, 2.75) is 58.0 Å². The van der Waals surface area contributed by atoms with Crippen molar-refractivity contribution < 1.29 is 5.11 Å². The van der Waals surface area contributed by atoms with E-state index in [2.05, 4.69) is 9.97 Å². The molecular weight excluding hydrogens is 200 g/mol. The quantitative estimate of drug-likeness (QED) is 0.833. The van der Waals surface area contributed by atoms with Crippen LogP contribution in [0.25, 0.3) is 0 Å². The van der Waals surface area contributed by atoms with Crippen LogP contribution < -0.4 is 0 Å². The molecule has 1 aromatic heterocycles. The van der Waals surface area contributed by atoms with Crippen molar-refractivity contribution in [3.05, 3.63) is 23.3 Å². The molecule has 1 fully saturated rings. The number of hydrogen-bond donors (Lipinski definition) is 1.